The maximum Gasteiger partial charge on any atom is 0.412 e. The zero-order chi connectivity index (χ0) is 23.4. The molecular formula is C25H23N3O5. The number of hydrogen-bond acceptors (Lipinski definition) is 5. The predicted molar refractivity (Wildman–Crippen MR) is 122 cm³/mol. The number of anilines is 1. The molecular weight excluding hydrogens is 422 g/mol. The van der Waals surface area contributed by atoms with Crippen molar-refractivity contribution in [3.63, 3.8) is 0 Å². The van der Waals surface area contributed by atoms with Gasteiger partial charge in [0.15, 0.2) is 0 Å². The third kappa shape index (κ3) is 4.69. The summed E-state index contributed by atoms with van der Waals surface area (Å²) in [5.41, 5.74) is 4.47. The molecule has 3 N–H and O–H groups in total. The van der Waals surface area contributed by atoms with Crippen molar-refractivity contribution in [2.45, 2.75) is 25.3 Å². The summed E-state index contributed by atoms with van der Waals surface area (Å²) in [4.78, 5) is 40.0. The quantitative estimate of drug-likeness (QED) is 0.505. The number of carbonyl (C=O) groups is 3. The van der Waals surface area contributed by atoms with Crippen molar-refractivity contribution in [1.29, 1.82) is 0 Å². The lowest BCUT2D eigenvalue weighted by molar-refractivity contribution is -0.139. The van der Waals surface area contributed by atoms with Crippen molar-refractivity contribution in [3.8, 4) is 11.1 Å². The lowest BCUT2D eigenvalue weighted by atomic mass is 9.98. The van der Waals surface area contributed by atoms with Gasteiger partial charge in [-0.05, 0) is 40.8 Å². The van der Waals surface area contributed by atoms with Gasteiger partial charge in [0, 0.05) is 5.92 Å². The van der Waals surface area contributed by atoms with E-state index in [1.807, 2.05) is 36.4 Å². The second-order valence-electron chi connectivity index (χ2n) is 7.63. The van der Waals surface area contributed by atoms with E-state index in [0.717, 1.165) is 22.3 Å². The van der Waals surface area contributed by atoms with E-state index in [2.05, 4.69) is 27.8 Å². The number of benzene rings is 2. The van der Waals surface area contributed by atoms with Gasteiger partial charge in [-0.25, -0.2) is 14.6 Å². The number of fused-ring (bicyclic) bond motifs is 3. The predicted octanol–water partition coefficient (Wildman–Crippen LogP) is 4.04. The van der Waals surface area contributed by atoms with Crippen molar-refractivity contribution in [2.75, 3.05) is 11.9 Å². The SMILES string of the molecule is CCC(NC(=O)c1cccc(NC(=O)OCC2c3ccccc3-c3ccccc32)n1)C(=O)O. The van der Waals surface area contributed by atoms with Crippen molar-refractivity contribution in [1.82, 2.24) is 10.3 Å². The van der Waals surface area contributed by atoms with E-state index in [9.17, 15) is 14.4 Å². The molecule has 1 aliphatic carbocycles. The highest BCUT2D eigenvalue weighted by Gasteiger charge is 2.29. The molecule has 0 saturated carbocycles. The van der Waals surface area contributed by atoms with Crippen molar-refractivity contribution < 1.29 is 24.2 Å². The topological polar surface area (TPSA) is 118 Å². The Kier molecular flexibility index (Phi) is 6.35. The van der Waals surface area contributed by atoms with Crippen LogP contribution >= 0.6 is 0 Å². The van der Waals surface area contributed by atoms with Gasteiger partial charge in [0.1, 0.15) is 24.2 Å². The van der Waals surface area contributed by atoms with Crippen LogP contribution in [0.15, 0.2) is 66.7 Å². The zero-order valence-electron chi connectivity index (χ0n) is 17.9. The second-order valence-corrected chi connectivity index (χ2v) is 7.63. The largest absolute Gasteiger partial charge is 0.480 e. The fraction of sp³-hybridized carbons (Fsp3) is 0.200. The van der Waals surface area contributed by atoms with Crippen LogP contribution in [-0.2, 0) is 9.53 Å². The van der Waals surface area contributed by atoms with Crippen LogP contribution in [0, 0.1) is 0 Å². The molecule has 8 heteroatoms. The first-order chi connectivity index (χ1) is 16.0. The number of carbonyl (C=O) groups excluding carboxylic acids is 2. The van der Waals surface area contributed by atoms with E-state index >= 15 is 0 Å². The van der Waals surface area contributed by atoms with E-state index in [1.54, 1.807) is 13.0 Å². The average molecular weight is 445 g/mol. The number of carboxylic acid groups (broad SMARTS) is 1. The molecule has 0 radical (unpaired) electrons. The lowest BCUT2D eigenvalue weighted by Crippen LogP contribution is -2.40. The number of pyridine rings is 1. The summed E-state index contributed by atoms with van der Waals surface area (Å²) < 4.78 is 5.49. The first kappa shape index (κ1) is 22.0. The van der Waals surface area contributed by atoms with E-state index in [-0.39, 0.29) is 30.5 Å². The molecule has 4 rings (SSSR count). The number of ether oxygens (including phenoxy) is 1. The Labute approximate surface area is 190 Å². The number of hydrogen-bond donors (Lipinski definition) is 3. The molecule has 168 valence electrons. The molecule has 1 unspecified atom stereocenters. The lowest BCUT2D eigenvalue weighted by Gasteiger charge is -2.15. The number of carboxylic acids is 1. The monoisotopic (exact) mass is 445 g/mol. The summed E-state index contributed by atoms with van der Waals surface area (Å²) in [5.74, 6) is -1.71. The van der Waals surface area contributed by atoms with Gasteiger partial charge >= 0.3 is 12.1 Å². The first-order valence-corrected chi connectivity index (χ1v) is 10.6. The Morgan fingerprint density at radius 2 is 1.61 bits per heavy atom. The summed E-state index contributed by atoms with van der Waals surface area (Å²) >= 11 is 0. The van der Waals surface area contributed by atoms with Gasteiger partial charge < -0.3 is 15.2 Å². The molecule has 33 heavy (non-hydrogen) atoms. The molecule has 1 atom stereocenters. The standard InChI is InChI=1S/C25H23N3O5/c1-2-20(24(30)31)27-23(29)21-12-7-13-22(26-21)28-25(32)33-14-19-17-10-5-3-8-15(17)16-9-4-6-11-18(16)19/h3-13,19-20H,2,14H2,1H3,(H,27,29)(H,30,31)(H,26,28,32). The third-order valence-electron chi connectivity index (χ3n) is 5.57. The maximum absolute atomic E-state index is 12.4. The summed E-state index contributed by atoms with van der Waals surface area (Å²) in [6, 6.07) is 19.6. The molecule has 0 fully saturated rings. The van der Waals surface area contributed by atoms with Gasteiger partial charge in [-0.1, -0.05) is 61.5 Å². The minimum atomic E-state index is -1.13. The minimum absolute atomic E-state index is 0.00820. The maximum atomic E-state index is 12.4. The molecule has 1 aliphatic rings. The molecule has 0 bridgehead atoms. The number of rotatable bonds is 7. The molecule has 3 aromatic rings. The number of amides is 2. The van der Waals surface area contributed by atoms with Gasteiger partial charge in [0.05, 0.1) is 0 Å². The first-order valence-electron chi connectivity index (χ1n) is 10.6. The van der Waals surface area contributed by atoms with E-state index in [4.69, 9.17) is 9.84 Å². The Bertz CT molecular complexity index is 1160. The van der Waals surface area contributed by atoms with E-state index < -0.39 is 24.0 Å². The Hall–Kier alpha value is -4.20. The van der Waals surface area contributed by atoms with Crippen molar-refractivity contribution in [2.24, 2.45) is 0 Å². The Balaban J connectivity index is 1.41. The van der Waals surface area contributed by atoms with Gasteiger partial charge in [-0.2, -0.15) is 0 Å². The normalized spacial score (nSPS) is 12.9. The molecule has 8 nitrogen and oxygen atoms in total. The van der Waals surface area contributed by atoms with Gasteiger partial charge in [0.25, 0.3) is 5.91 Å². The minimum Gasteiger partial charge on any atom is -0.480 e. The average Bonchev–Trinajstić information content (AvgIpc) is 3.14. The second kappa shape index (κ2) is 9.52. The molecule has 0 saturated heterocycles. The van der Waals surface area contributed by atoms with Crippen LogP contribution in [0.5, 0.6) is 0 Å². The van der Waals surface area contributed by atoms with Crippen LogP contribution in [0.2, 0.25) is 0 Å². The summed E-state index contributed by atoms with van der Waals surface area (Å²) in [6.07, 6.45) is -0.461. The molecule has 0 aliphatic heterocycles. The highest BCUT2D eigenvalue weighted by atomic mass is 16.5. The molecule has 0 spiro atoms. The van der Waals surface area contributed by atoms with E-state index in [0.29, 0.717) is 0 Å². The molecule has 2 amide bonds. The van der Waals surface area contributed by atoms with Gasteiger partial charge in [-0.3, -0.25) is 10.1 Å². The summed E-state index contributed by atoms with van der Waals surface area (Å²) in [6.45, 7) is 1.80. The Morgan fingerprint density at radius 3 is 2.21 bits per heavy atom. The number of nitrogens with zero attached hydrogens (tertiary/aromatic N) is 1. The fourth-order valence-electron chi connectivity index (χ4n) is 3.94. The number of aliphatic carboxylic acids is 1. The van der Waals surface area contributed by atoms with Crippen LogP contribution in [0.3, 0.4) is 0 Å². The summed E-state index contributed by atoms with van der Waals surface area (Å²) in [5, 5.41) is 14.0. The van der Waals surface area contributed by atoms with Gasteiger partial charge in [0.2, 0.25) is 0 Å². The van der Waals surface area contributed by atoms with Crippen LogP contribution < -0.4 is 10.6 Å². The molecule has 2 aromatic carbocycles. The third-order valence-corrected chi connectivity index (χ3v) is 5.57. The van der Waals surface area contributed by atoms with Crippen LogP contribution in [0.4, 0.5) is 10.6 Å². The van der Waals surface area contributed by atoms with E-state index in [1.165, 1.54) is 12.1 Å². The molecule has 1 aromatic heterocycles. The van der Waals surface area contributed by atoms with Crippen LogP contribution in [0.1, 0.15) is 40.9 Å². The fourth-order valence-corrected chi connectivity index (χ4v) is 3.94. The summed E-state index contributed by atoms with van der Waals surface area (Å²) in [7, 11) is 0. The van der Waals surface area contributed by atoms with Crippen molar-refractivity contribution in [3.05, 3.63) is 83.6 Å². The highest BCUT2D eigenvalue weighted by molar-refractivity contribution is 5.95. The Morgan fingerprint density at radius 1 is 0.970 bits per heavy atom. The van der Waals surface area contributed by atoms with Crippen LogP contribution in [0.25, 0.3) is 11.1 Å². The van der Waals surface area contributed by atoms with Crippen LogP contribution in [-0.4, -0.2) is 40.7 Å². The molecule has 1 heterocycles. The highest BCUT2D eigenvalue weighted by Crippen LogP contribution is 2.44. The van der Waals surface area contributed by atoms with Crippen molar-refractivity contribution >= 4 is 23.8 Å². The van der Waals surface area contributed by atoms with Gasteiger partial charge in [-0.15, -0.1) is 0 Å². The number of nitrogens with one attached hydrogen (secondary N) is 2. The number of aromatic nitrogens is 1. The smallest absolute Gasteiger partial charge is 0.412 e. The zero-order valence-corrected chi connectivity index (χ0v) is 17.9.